The first-order valence-corrected chi connectivity index (χ1v) is 10.6. The molecule has 0 fully saturated rings. The molecule has 0 aliphatic rings. The molecular weight excluding hydrogens is 468 g/mol. The molecule has 3 aromatic carbocycles. The van der Waals surface area contributed by atoms with Crippen LogP contribution < -0.4 is 9.47 Å². The number of furan rings is 1. The van der Waals surface area contributed by atoms with Crippen LogP contribution in [0.15, 0.2) is 86.7 Å². The van der Waals surface area contributed by atoms with Gasteiger partial charge in [0.2, 0.25) is 5.88 Å². The number of benzene rings is 3. The van der Waals surface area contributed by atoms with Gasteiger partial charge in [0, 0.05) is 21.8 Å². The third-order valence-corrected chi connectivity index (χ3v) is 5.46. The van der Waals surface area contributed by atoms with Crippen LogP contribution in [0.5, 0.6) is 11.5 Å². The maximum Gasteiger partial charge on any atom is 0.238 e. The molecule has 158 valence electrons. The number of rotatable bonds is 6. The van der Waals surface area contributed by atoms with Gasteiger partial charge >= 0.3 is 0 Å². The standard InChI is InChI=1S/C26H19BrN2O3/c1-30-21-11-5-18(6-12-21)24-23(15-28)26(29-16-17-3-9-20(27)10-4-17)32-25(24)19-7-13-22(31-2)14-8-19/h3-14,16H,1-2H3/b29-16+. The molecule has 0 spiro atoms. The van der Waals surface area contributed by atoms with Crippen LogP contribution in [0.25, 0.3) is 22.5 Å². The molecule has 0 bridgehead atoms. The summed E-state index contributed by atoms with van der Waals surface area (Å²) in [6, 6.07) is 25.0. The van der Waals surface area contributed by atoms with E-state index in [1.165, 1.54) is 0 Å². The van der Waals surface area contributed by atoms with Crippen LogP contribution in [0, 0.1) is 11.3 Å². The van der Waals surface area contributed by atoms with Gasteiger partial charge < -0.3 is 13.9 Å². The average Bonchev–Trinajstić information content (AvgIpc) is 3.22. The van der Waals surface area contributed by atoms with E-state index in [1.807, 2.05) is 72.8 Å². The van der Waals surface area contributed by atoms with E-state index in [1.54, 1.807) is 20.4 Å². The number of nitrogens with zero attached hydrogens (tertiary/aromatic N) is 2. The Hall–Kier alpha value is -3.82. The summed E-state index contributed by atoms with van der Waals surface area (Å²) in [5.74, 6) is 2.29. The monoisotopic (exact) mass is 486 g/mol. The minimum atomic E-state index is 0.257. The molecule has 1 aromatic heterocycles. The third-order valence-electron chi connectivity index (χ3n) is 4.93. The van der Waals surface area contributed by atoms with Crippen LogP contribution in [0.2, 0.25) is 0 Å². The van der Waals surface area contributed by atoms with Gasteiger partial charge in [-0.2, -0.15) is 5.26 Å². The van der Waals surface area contributed by atoms with Gasteiger partial charge in [-0.3, -0.25) is 0 Å². The molecular formula is C26H19BrN2O3. The second-order valence-corrected chi connectivity index (χ2v) is 7.78. The molecule has 0 amide bonds. The fourth-order valence-electron chi connectivity index (χ4n) is 3.27. The first kappa shape index (κ1) is 21.4. The van der Waals surface area contributed by atoms with Gasteiger partial charge in [-0.1, -0.05) is 40.2 Å². The highest BCUT2D eigenvalue weighted by Gasteiger charge is 2.23. The molecule has 0 aliphatic carbocycles. The lowest BCUT2D eigenvalue weighted by molar-refractivity contribution is 0.414. The van der Waals surface area contributed by atoms with Gasteiger partial charge in [-0.15, -0.1) is 0 Å². The van der Waals surface area contributed by atoms with Crippen molar-refractivity contribution < 1.29 is 13.9 Å². The average molecular weight is 487 g/mol. The van der Waals surface area contributed by atoms with E-state index in [-0.39, 0.29) is 5.88 Å². The maximum absolute atomic E-state index is 10.0. The number of hydrogen-bond donors (Lipinski definition) is 0. The zero-order valence-electron chi connectivity index (χ0n) is 17.5. The molecule has 4 rings (SSSR count). The van der Waals surface area contributed by atoms with Crippen molar-refractivity contribution in [2.75, 3.05) is 14.2 Å². The summed E-state index contributed by atoms with van der Waals surface area (Å²) < 4.78 is 17.7. The zero-order chi connectivity index (χ0) is 22.5. The van der Waals surface area contributed by atoms with E-state index in [2.05, 4.69) is 27.0 Å². The van der Waals surface area contributed by atoms with Crippen molar-refractivity contribution in [1.82, 2.24) is 0 Å². The molecule has 0 N–H and O–H groups in total. The van der Waals surface area contributed by atoms with Gasteiger partial charge in [0.25, 0.3) is 0 Å². The predicted molar refractivity (Wildman–Crippen MR) is 129 cm³/mol. The van der Waals surface area contributed by atoms with Crippen molar-refractivity contribution in [3.8, 4) is 40.0 Å². The van der Waals surface area contributed by atoms with Crippen LogP contribution >= 0.6 is 15.9 Å². The molecule has 32 heavy (non-hydrogen) atoms. The Morgan fingerprint density at radius 3 is 1.94 bits per heavy atom. The first-order chi connectivity index (χ1) is 15.6. The quantitative estimate of drug-likeness (QED) is 0.274. The second-order valence-electron chi connectivity index (χ2n) is 6.86. The normalized spacial score (nSPS) is 10.8. The first-order valence-electron chi connectivity index (χ1n) is 9.78. The highest BCUT2D eigenvalue weighted by molar-refractivity contribution is 9.10. The van der Waals surface area contributed by atoms with Gasteiger partial charge in [0.1, 0.15) is 28.9 Å². The Morgan fingerprint density at radius 1 is 0.844 bits per heavy atom. The van der Waals surface area contributed by atoms with Crippen molar-refractivity contribution in [3.05, 3.63) is 88.4 Å². The summed E-state index contributed by atoms with van der Waals surface area (Å²) in [6.45, 7) is 0. The summed E-state index contributed by atoms with van der Waals surface area (Å²) in [5, 5.41) is 10.0. The minimum Gasteiger partial charge on any atom is -0.497 e. The molecule has 0 saturated carbocycles. The van der Waals surface area contributed by atoms with E-state index in [0.717, 1.165) is 32.7 Å². The van der Waals surface area contributed by atoms with Gasteiger partial charge in [0.15, 0.2) is 0 Å². The van der Waals surface area contributed by atoms with Crippen LogP contribution in [0.3, 0.4) is 0 Å². The molecule has 5 nitrogen and oxygen atoms in total. The van der Waals surface area contributed by atoms with Crippen LogP contribution in [0.4, 0.5) is 5.88 Å². The van der Waals surface area contributed by atoms with Crippen molar-refractivity contribution >= 4 is 28.0 Å². The SMILES string of the molecule is COc1ccc(-c2oc(/N=C/c3ccc(Br)cc3)c(C#N)c2-c2ccc(OC)cc2)cc1. The summed E-state index contributed by atoms with van der Waals surface area (Å²) in [6.07, 6.45) is 1.68. The van der Waals surface area contributed by atoms with Gasteiger partial charge in [-0.25, -0.2) is 4.99 Å². The number of hydrogen-bond acceptors (Lipinski definition) is 5. The lowest BCUT2D eigenvalue weighted by Crippen LogP contribution is -1.87. The van der Waals surface area contributed by atoms with Crippen molar-refractivity contribution in [1.29, 1.82) is 5.26 Å². The number of ether oxygens (including phenoxy) is 2. The molecule has 4 aromatic rings. The summed E-state index contributed by atoms with van der Waals surface area (Å²) in [7, 11) is 3.23. The molecule has 0 atom stereocenters. The Labute approximate surface area is 194 Å². The Kier molecular flexibility index (Phi) is 6.39. The molecule has 0 radical (unpaired) electrons. The summed E-state index contributed by atoms with van der Waals surface area (Å²) >= 11 is 3.43. The topological polar surface area (TPSA) is 67.8 Å². The van der Waals surface area contributed by atoms with Crippen LogP contribution in [-0.2, 0) is 0 Å². The molecule has 0 unspecified atom stereocenters. The molecule has 0 saturated heterocycles. The highest BCUT2D eigenvalue weighted by atomic mass is 79.9. The number of aliphatic imine (C=N–C) groups is 1. The van der Waals surface area contributed by atoms with Crippen LogP contribution in [-0.4, -0.2) is 20.4 Å². The van der Waals surface area contributed by atoms with E-state index < -0.39 is 0 Å². The Balaban J connectivity index is 1.86. The molecule has 6 heteroatoms. The Morgan fingerprint density at radius 2 is 1.41 bits per heavy atom. The second kappa shape index (κ2) is 9.54. The number of halogens is 1. The fourth-order valence-corrected chi connectivity index (χ4v) is 3.54. The lowest BCUT2D eigenvalue weighted by Gasteiger charge is -2.06. The highest BCUT2D eigenvalue weighted by Crippen LogP contribution is 2.43. The third kappa shape index (κ3) is 4.43. The smallest absolute Gasteiger partial charge is 0.238 e. The molecule has 1 heterocycles. The van der Waals surface area contributed by atoms with Crippen molar-refractivity contribution in [2.24, 2.45) is 4.99 Å². The lowest BCUT2D eigenvalue weighted by atomic mass is 9.98. The van der Waals surface area contributed by atoms with E-state index in [9.17, 15) is 5.26 Å². The minimum absolute atomic E-state index is 0.257. The largest absolute Gasteiger partial charge is 0.497 e. The predicted octanol–water partition coefficient (Wildman–Crippen LogP) is 7.02. The maximum atomic E-state index is 10.0. The van der Waals surface area contributed by atoms with Gasteiger partial charge in [-0.05, 0) is 59.7 Å². The summed E-state index contributed by atoms with van der Waals surface area (Å²) in [4.78, 5) is 4.50. The van der Waals surface area contributed by atoms with Crippen molar-refractivity contribution in [2.45, 2.75) is 0 Å². The molecule has 0 aliphatic heterocycles. The zero-order valence-corrected chi connectivity index (χ0v) is 19.1. The number of nitriles is 1. The van der Waals surface area contributed by atoms with E-state index in [0.29, 0.717) is 16.9 Å². The summed E-state index contributed by atoms with van der Waals surface area (Å²) in [5.41, 5.74) is 3.60. The fraction of sp³-hybridized carbons (Fsp3) is 0.0769. The van der Waals surface area contributed by atoms with Crippen molar-refractivity contribution in [3.63, 3.8) is 0 Å². The van der Waals surface area contributed by atoms with Crippen LogP contribution in [0.1, 0.15) is 11.1 Å². The number of methoxy groups -OCH3 is 2. The van der Waals surface area contributed by atoms with Gasteiger partial charge in [0.05, 0.1) is 14.2 Å². The van der Waals surface area contributed by atoms with E-state index in [4.69, 9.17) is 13.9 Å². The van der Waals surface area contributed by atoms with E-state index >= 15 is 0 Å². The Bertz CT molecular complexity index is 1280.